The van der Waals surface area contributed by atoms with E-state index in [0.717, 1.165) is 18.4 Å². The van der Waals surface area contributed by atoms with Crippen LogP contribution in [0.5, 0.6) is 5.75 Å². The average molecular weight is 470 g/mol. The molecule has 0 aliphatic carbocycles. The van der Waals surface area contributed by atoms with Gasteiger partial charge in [-0.15, -0.1) is 0 Å². The van der Waals surface area contributed by atoms with Crippen LogP contribution in [0.1, 0.15) is 49.8 Å². The van der Waals surface area contributed by atoms with Crippen LogP contribution >= 0.6 is 0 Å². The number of nitrogens with zero attached hydrogens (tertiary/aromatic N) is 4. The van der Waals surface area contributed by atoms with Crippen molar-refractivity contribution in [3.8, 4) is 29.0 Å². The summed E-state index contributed by atoms with van der Waals surface area (Å²) in [4.78, 5) is 19.7. The maximum atomic E-state index is 13.6. The van der Waals surface area contributed by atoms with Crippen molar-refractivity contribution in [2.75, 3.05) is 13.7 Å². The van der Waals surface area contributed by atoms with E-state index in [1.807, 2.05) is 18.2 Å². The normalized spacial score (nSPS) is 26.9. The summed E-state index contributed by atoms with van der Waals surface area (Å²) in [6.07, 6.45) is 1.84. The zero-order valence-corrected chi connectivity index (χ0v) is 20.0. The molecule has 2 aromatic rings. The minimum absolute atomic E-state index is 0.178. The summed E-state index contributed by atoms with van der Waals surface area (Å²) in [5.74, 6) is 0.810. The minimum Gasteiger partial charge on any atom is -0.490 e. The SMILES string of the molecule is CN1C(=O)C2(CC(C3CCOC(C)(C)C3)Oc3ccc(-c4cc(C#N)cc(C#N)c4)cc32)N=C1N. The van der Waals surface area contributed by atoms with Crippen molar-refractivity contribution in [3.05, 3.63) is 53.1 Å². The molecular weight excluding hydrogens is 442 g/mol. The molecule has 0 radical (unpaired) electrons. The highest BCUT2D eigenvalue weighted by molar-refractivity contribution is 6.07. The molecule has 3 atom stereocenters. The smallest absolute Gasteiger partial charge is 0.261 e. The highest BCUT2D eigenvalue weighted by Crippen LogP contribution is 2.49. The molecule has 3 aliphatic heterocycles. The number of nitriles is 2. The van der Waals surface area contributed by atoms with Gasteiger partial charge in [-0.25, -0.2) is 4.99 Å². The number of nitrogens with two attached hydrogens (primary N) is 1. The molecule has 3 unspecified atom stereocenters. The van der Waals surface area contributed by atoms with Gasteiger partial charge in [-0.2, -0.15) is 10.5 Å². The fourth-order valence-corrected chi connectivity index (χ4v) is 5.53. The number of fused-ring (bicyclic) bond motifs is 2. The zero-order valence-electron chi connectivity index (χ0n) is 20.0. The van der Waals surface area contributed by atoms with Gasteiger partial charge < -0.3 is 15.2 Å². The third kappa shape index (κ3) is 3.80. The summed E-state index contributed by atoms with van der Waals surface area (Å²) in [5.41, 5.74) is 7.62. The Morgan fingerprint density at radius 1 is 1.09 bits per heavy atom. The van der Waals surface area contributed by atoms with Crippen molar-refractivity contribution in [1.29, 1.82) is 10.5 Å². The van der Waals surface area contributed by atoms with Crippen LogP contribution in [0.3, 0.4) is 0 Å². The predicted octanol–water partition coefficient (Wildman–Crippen LogP) is 3.44. The molecule has 8 heteroatoms. The molecule has 1 spiro atoms. The fourth-order valence-electron chi connectivity index (χ4n) is 5.53. The summed E-state index contributed by atoms with van der Waals surface area (Å²) in [5, 5.41) is 18.8. The van der Waals surface area contributed by atoms with E-state index in [0.29, 0.717) is 41.0 Å². The Kier molecular flexibility index (Phi) is 5.30. The molecule has 8 nitrogen and oxygen atoms in total. The van der Waals surface area contributed by atoms with Gasteiger partial charge in [-0.1, -0.05) is 6.07 Å². The fraction of sp³-hybridized carbons (Fsp3) is 0.407. The van der Waals surface area contributed by atoms with Gasteiger partial charge in [0.15, 0.2) is 11.5 Å². The summed E-state index contributed by atoms with van der Waals surface area (Å²) in [6, 6.07) is 14.8. The van der Waals surface area contributed by atoms with E-state index in [1.54, 1.807) is 25.2 Å². The van der Waals surface area contributed by atoms with Crippen LogP contribution < -0.4 is 10.5 Å². The van der Waals surface area contributed by atoms with Gasteiger partial charge >= 0.3 is 0 Å². The Bertz CT molecular complexity index is 1300. The van der Waals surface area contributed by atoms with Crippen LogP contribution in [0.15, 0.2) is 41.4 Å². The van der Waals surface area contributed by atoms with E-state index in [1.165, 1.54) is 4.90 Å². The molecule has 0 saturated carbocycles. The van der Waals surface area contributed by atoms with Crippen LogP contribution in [0.2, 0.25) is 0 Å². The van der Waals surface area contributed by atoms with Crippen molar-refractivity contribution >= 4 is 11.9 Å². The highest BCUT2D eigenvalue weighted by atomic mass is 16.5. The summed E-state index contributed by atoms with van der Waals surface area (Å²) in [7, 11) is 1.64. The number of hydrogen-bond acceptors (Lipinski definition) is 7. The van der Waals surface area contributed by atoms with Gasteiger partial charge in [0.05, 0.1) is 28.9 Å². The predicted molar refractivity (Wildman–Crippen MR) is 129 cm³/mol. The molecule has 2 aromatic carbocycles. The second-order valence-electron chi connectivity index (χ2n) is 10.1. The third-order valence-corrected chi connectivity index (χ3v) is 7.29. The first-order chi connectivity index (χ1) is 16.7. The Balaban J connectivity index is 1.62. The lowest BCUT2D eigenvalue weighted by atomic mass is 9.74. The van der Waals surface area contributed by atoms with Crippen LogP contribution in [0.25, 0.3) is 11.1 Å². The first-order valence-electron chi connectivity index (χ1n) is 11.7. The lowest BCUT2D eigenvalue weighted by Crippen LogP contribution is -2.49. The van der Waals surface area contributed by atoms with Gasteiger partial charge in [0.2, 0.25) is 0 Å². The summed E-state index contributed by atoms with van der Waals surface area (Å²) >= 11 is 0. The number of aliphatic imine (C=N–C) groups is 1. The Morgan fingerprint density at radius 3 is 2.40 bits per heavy atom. The van der Waals surface area contributed by atoms with Crippen LogP contribution in [0, 0.1) is 28.6 Å². The van der Waals surface area contributed by atoms with Crippen LogP contribution in [-0.2, 0) is 15.1 Å². The minimum atomic E-state index is -1.18. The lowest BCUT2D eigenvalue weighted by Gasteiger charge is -2.44. The molecule has 1 amide bonds. The largest absolute Gasteiger partial charge is 0.490 e. The number of benzene rings is 2. The maximum absolute atomic E-state index is 13.6. The van der Waals surface area contributed by atoms with E-state index in [9.17, 15) is 15.3 Å². The van der Waals surface area contributed by atoms with Crippen molar-refractivity contribution in [2.45, 2.75) is 50.4 Å². The quantitative estimate of drug-likeness (QED) is 0.718. The van der Waals surface area contributed by atoms with Crippen molar-refractivity contribution < 1.29 is 14.3 Å². The van der Waals surface area contributed by atoms with E-state index in [2.05, 4.69) is 26.0 Å². The van der Waals surface area contributed by atoms with E-state index in [-0.39, 0.29) is 29.5 Å². The topological polar surface area (TPSA) is 125 Å². The summed E-state index contributed by atoms with van der Waals surface area (Å²) in [6.45, 7) is 4.80. The standard InChI is InChI=1S/C27H27N5O3/c1-26(2)12-19(6-7-34-26)23-13-27(24(33)32(3)25(30)31-27)21-11-18(4-5-22(21)35-23)20-9-16(14-28)8-17(10-20)15-29/h4-5,8-11,19,23H,6-7,12-13H2,1-3H3,(H2,30,31). The molecule has 5 rings (SSSR count). The molecule has 0 aromatic heterocycles. The van der Waals surface area contributed by atoms with Crippen molar-refractivity contribution in [1.82, 2.24) is 4.90 Å². The number of guanidine groups is 1. The number of carbonyl (C=O) groups excluding carboxylic acids is 1. The monoisotopic (exact) mass is 469 g/mol. The van der Waals surface area contributed by atoms with Gasteiger partial charge in [0.25, 0.3) is 5.91 Å². The van der Waals surface area contributed by atoms with Crippen LogP contribution in [0.4, 0.5) is 0 Å². The Labute approximate surface area is 204 Å². The molecule has 35 heavy (non-hydrogen) atoms. The number of ether oxygens (including phenoxy) is 2. The van der Waals surface area contributed by atoms with Gasteiger partial charge in [-0.3, -0.25) is 9.69 Å². The number of rotatable bonds is 2. The molecule has 1 fully saturated rings. The van der Waals surface area contributed by atoms with Crippen LogP contribution in [-0.4, -0.2) is 42.1 Å². The molecule has 0 bridgehead atoms. The second-order valence-corrected chi connectivity index (χ2v) is 10.1. The van der Waals surface area contributed by atoms with Crippen molar-refractivity contribution in [2.24, 2.45) is 16.6 Å². The number of likely N-dealkylation sites (N-methyl/N-ethyl adjacent to an activating group) is 1. The average Bonchev–Trinajstić information content (AvgIpc) is 3.06. The molecule has 2 N–H and O–H groups in total. The first-order valence-corrected chi connectivity index (χ1v) is 11.7. The Morgan fingerprint density at radius 2 is 1.80 bits per heavy atom. The first kappa shape index (κ1) is 22.9. The molecule has 3 heterocycles. The molecule has 178 valence electrons. The molecule has 1 saturated heterocycles. The second kappa shape index (κ2) is 8.11. The lowest BCUT2D eigenvalue weighted by molar-refractivity contribution is -0.134. The summed E-state index contributed by atoms with van der Waals surface area (Å²) < 4.78 is 12.4. The number of carbonyl (C=O) groups is 1. The highest BCUT2D eigenvalue weighted by Gasteiger charge is 2.55. The Hall–Kier alpha value is -3.88. The van der Waals surface area contributed by atoms with E-state index >= 15 is 0 Å². The molecule has 3 aliphatic rings. The maximum Gasteiger partial charge on any atom is 0.261 e. The van der Waals surface area contributed by atoms with E-state index in [4.69, 9.17) is 20.2 Å². The van der Waals surface area contributed by atoms with Gasteiger partial charge in [0.1, 0.15) is 11.9 Å². The number of amides is 1. The van der Waals surface area contributed by atoms with Gasteiger partial charge in [-0.05, 0) is 68.1 Å². The number of hydrogen-bond donors (Lipinski definition) is 1. The third-order valence-electron chi connectivity index (χ3n) is 7.29. The zero-order chi connectivity index (χ0) is 25.0. The molecular formula is C27H27N5O3. The van der Waals surface area contributed by atoms with Crippen molar-refractivity contribution in [3.63, 3.8) is 0 Å². The van der Waals surface area contributed by atoms with Gasteiger partial charge in [0, 0.05) is 31.6 Å². The van der Waals surface area contributed by atoms with E-state index < -0.39 is 5.54 Å².